The first-order valence-corrected chi connectivity index (χ1v) is 10.1. The number of thiophene rings is 1. The molecule has 1 aliphatic rings. The lowest BCUT2D eigenvalue weighted by Gasteiger charge is -2.33. The zero-order valence-electron chi connectivity index (χ0n) is 15.9. The van der Waals surface area contributed by atoms with Crippen molar-refractivity contribution in [3.63, 3.8) is 0 Å². The molecule has 0 saturated carbocycles. The minimum Gasteiger partial charge on any atom is -0.477 e. The molecule has 0 fully saturated rings. The van der Waals surface area contributed by atoms with Crippen molar-refractivity contribution in [2.45, 2.75) is 6.10 Å². The molecule has 2 amide bonds. The van der Waals surface area contributed by atoms with Gasteiger partial charge in [0.05, 0.1) is 12.2 Å². The van der Waals surface area contributed by atoms with Crippen LogP contribution in [0.15, 0.2) is 72.8 Å². The predicted molar refractivity (Wildman–Crippen MR) is 116 cm³/mol. The maximum Gasteiger partial charge on any atom is 0.262 e. The van der Waals surface area contributed by atoms with Gasteiger partial charge in [0.1, 0.15) is 5.75 Å². The van der Waals surface area contributed by atoms with Crippen molar-refractivity contribution in [3.05, 3.63) is 77.7 Å². The van der Waals surface area contributed by atoms with Crippen LogP contribution in [0.4, 0.5) is 5.69 Å². The van der Waals surface area contributed by atoms with Gasteiger partial charge in [-0.05, 0) is 35.9 Å². The summed E-state index contributed by atoms with van der Waals surface area (Å²) in [5.74, 6) is 0.0768. The Morgan fingerprint density at radius 2 is 1.83 bits per heavy atom. The van der Waals surface area contributed by atoms with Crippen LogP contribution in [0.1, 0.15) is 4.88 Å². The summed E-state index contributed by atoms with van der Waals surface area (Å²) < 4.78 is 5.75. The Kier molecular flexibility index (Phi) is 5.44. The van der Waals surface area contributed by atoms with Crippen LogP contribution in [0.25, 0.3) is 16.5 Å². The van der Waals surface area contributed by atoms with E-state index in [9.17, 15) is 9.59 Å². The average molecular weight is 404 g/mol. The summed E-state index contributed by atoms with van der Waals surface area (Å²) in [6.07, 6.45) is 2.62. The van der Waals surface area contributed by atoms with E-state index in [1.807, 2.05) is 48.5 Å². The Hall–Kier alpha value is -3.38. The van der Waals surface area contributed by atoms with E-state index in [0.717, 1.165) is 15.3 Å². The molecule has 0 spiro atoms. The van der Waals surface area contributed by atoms with Crippen LogP contribution in [0, 0.1) is 0 Å². The zero-order chi connectivity index (χ0) is 20.2. The van der Waals surface area contributed by atoms with E-state index < -0.39 is 6.10 Å². The van der Waals surface area contributed by atoms with Crippen molar-refractivity contribution in [3.8, 4) is 16.2 Å². The molecule has 6 heteroatoms. The maximum absolute atomic E-state index is 12.9. The predicted octanol–water partition coefficient (Wildman–Crippen LogP) is 3.97. The van der Waals surface area contributed by atoms with Crippen LogP contribution in [0.2, 0.25) is 0 Å². The highest BCUT2D eigenvalue weighted by atomic mass is 32.1. The SMILES string of the molecule is CNC(=O)C1CN(C(=O)/C=C/c2ccc(-c3ccccc3)s2)c2ccccc2O1. The molecule has 0 aliphatic carbocycles. The van der Waals surface area contributed by atoms with Crippen molar-refractivity contribution in [2.24, 2.45) is 0 Å². The van der Waals surface area contributed by atoms with Crippen molar-refractivity contribution in [1.82, 2.24) is 5.32 Å². The highest BCUT2D eigenvalue weighted by molar-refractivity contribution is 7.16. The Bertz CT molecular complexity index is 1060. The zero-order valence-corrected chi connectivity index (χ0v) is 16.7. The van der Waals surface area contributed by atoms with E-state index >= 15 is 0 Å². The number of carbonyl (C=O) groups excluding carboxylic acids is 2. The molecule has 2 aromatic carbocycles. The minimum atomic E-state index is -0.737. The molecule has 3 aromatic rings. The maximum atomic E-state index is 12.9. The highest BCUT2D eigenvalue weighted by Gasteiger charge is 2.32. The number of likely N-dealkylation sites (N-methyl/N-ethyl adjacent to an activating group) is 1. The second-order valence-corrected chi connectivity index (χ2v) is 7.65. The smallest absolute Gasteiger partial charge is 0.262 e. The van der Waals surface area contributed by atoms with Gasteiger partial charge in [-0.3, -0.25) is 9.59 Å². The highest BCUT2D eigenvalue weighted by Crippen LogP contribution is 2.34. The van der Waals surface area contributed by atoms with Gasteiger partial charge in [-0.1, -0.05) is 42.5 Å². The number of hydrogen-bond donors (Lipinski definition) is 1. The first-order chi connectivity index (χ1) is 14.2. The molecule has 1 aliphatic heterocycles. The summed E-state index contributed by atoms with van der Waals surface area (Å²) >= 11 is 1.62. The summed E-state index contributed by atoms with van der Waals surface area (Å²) in [5.41, 5.74) is 1.82. The molecule has 0 radical (unpaired) electrons. The molecular weight excluding hydrogens is 384 g/mol. The molecule has 1 N–H and O–H groups in total. The molecule has 0 saturated heterocycles. The fraction of sp³-hybridized carbons (Fsp3) is 0.130. The first-order valence-electron chi connectivity index (χ1n) is 9.28. The van der Waals surface area contributed by atoms with Gasteiger partial charge in [-0.15, -0.1) is 11.3 Å². The monoisotopic (exact) mass is 404 g/mol. The topological polar surface area (TPSA) is 58.6 Å². The van der Waals surface area contributed by atoms with Crippen LogP contribution in [0.5, 0.6) is 5.75 Å². The molecule has 1 atom stereocenters. The van der Waals surface area contributed by atoms with E-state index in [4.69, 9.17) is 4.74 Å². The van der Waals surface area contributed by atoms with Crippen molar-refractivity contribution < 1.29 is 14.3 Å². The van der Waals surface area contributed by atoms with E-state index in [0.29, 0.717) is 11.4 Å². The van der Waals surface area contributed by atoms with Gasteiger partial charge >= 0.3 is 0 Å². The van der Waals surface area contributed by atoms with E-state index in [-0.39, 0.29) is 18.4 Å². The number of nitrogens with zero attached hydrogens (tertiary/aromatic N) is 1. The Morgan fingerprint density at radius 3 is 2.62 bits per heavy atom. The summed E-state index contributed by atoms with van der Waals surface area (Å²) in [5, 5.41) is 2.58. The van der Waals surface area contributed by atoms with Gasteiger partial charge in [0.15, 0.2) is 6.10 Å². The van der Waals surface area contributed by atoms with Gasteiger partial charge in [0, 0.05) is 22.9 Å². The lowest BCUT2D eigenvalue weighted by molar-refractivity contribution is -0.127. The number of rotatable bonds is 4. The quantitative estimate of drug-likeness (QED) is 0.670. The van der Waals surface area contributed by atoms with E-state index in [1.165, 1.54) is 0 Å². The normalized spacial score (nSPS) is 15.6. The molecule has 146 valence electrons. The van der Waals surface area contributed by atoms with E-state index in [2.05, 4.69) is 23.5 Å². The Balaban J connectivity index is 1.54. The van der Waals surface area contributed by atoms with Crippen molar-refractivity contribution >= 4 is 34.9 Å². The molecule has 5 nitrogen and oxygen atoms in total. The van der Waals surface area contributed by atoms with Crippen molar-refractivity contribution in [2.75, 3.05) is 18.5 Å². The molecule has 1 aromatic heterocycles. The number of para-hydroxylation sites is 2. The van der Waals surface area contributed by atoms with Crippen LogP contribution in [0.3, 0.4) is 0 Å². The van der Waals surface area contributed by atoms with Gasteiger partial charge in [0.2, 0.25) is 0 Å². The summed E-state index contributed by atoms with van der Waals surface area (Å²) in [6, 6.07) is 21.4. The summed E-state index contributed by atoms with van der Waals surface area (Å²) in [4.78, 5) is 28.7. The lowest BCUT2D eigenvalue weighted by atomic mass is 10.1. The summed E-state index contributed by atoms with van der Waals surface area (Å²) in [6.45, 7) is 0.166. The number of anilines is 1. The number of amides is 2. The number of benzene rings is 2. The average Bonchev–Trinajstić information content (AvgIpc) is 3.26. The second kappa shape index (κ2) is 8.32. The molecule has 1 unspecified atom stereocenters. The Labute approximate surface area is 173 Å². The number of carbonyl (C=O) groups is 2. The fourth-order valence-corrected chi connectivity index (χ4v) is 4.10. The number of fused-ring (bicyclic) bond motifs is 1. The molecular formula is C23H20N2O3S. The second-order valence-electron chi connectivity index (χ2n) is 6.54. The molecule has 29 heavy (non-hydrogen) atoms. The van der Waals surface area contributed by atoms with Crippen molar-refractivity contribution in [1.29, 1.82) is 0 Å². The number of nitrogens with one attached hydrogen (secondary N) is 1. The van der Waals surface area contributed by atoms with E-state index in [1.54, 1.807) is 35.4 Å². The van der Waals surface area contributed by atoms with Gasteiger partial charge in [-0.25, -0.2) is 0 Å². The van der Waals surface area contributed by atoms with Crippen LogP contribution < -0.4 is 15.0 Å². The van der Waals surface area contributed by atoms with Crippen LogP contribution >= 0.6 is 11.3 Å². The largest absolute Gasteiger partial charge is 0.477 e. The number of hydrogen-bond acceptors (Lipinski definition) is 4. The molecule has 0 bridgehead atoms. The standard InChI is InChI=1S/C23H20N2O3S/c1-24-23(27)20-15-25(18-9-5-6-10-19(18)28-20)22(26)14-12-17-11-13-21(29-17)16-7-3-2-4-8-16/h2-14,20H,15H2,1H3,(H,24,27)/b14-12+. The third-order valence-electron chi connectivity index (χ3n) is 4.65. The van der Waals surface area contributed by atoms with Crippen LogP contribution in [-0.2, 0) is 9.59 Å². The molecule has 4 rings (SSSR count). The third kappa shape index (κ3) is 4.07. The molecule has 2 heterocycles. The fourth-order valence-electron chi connectivity index (χ4n) is 3.18. The van der Waals surface area contributed by atoms with Crippen LogP contribution in [-0.4, -0.2) is 31.5 Å². The Morgan fingerprint density at radius 1 is 1.07 bits per heavy atom. The van der Waals surface area contributed by atoms with Gasteiger partial charge in [0.25, 0.3) is 11.8 Å². The first kappa shape index (κ1) is 19.0. The summed E-state index contributed by atoms with van der Waals surface area (Å²) in [7, 11) is 1.55. The van der Waals surface area contributed by atoms with Gasteiger partial charge < -0.3 is 15.0 Å². The number of ether oxygens (including phenoxy) is 1. The van der Waals surface area contributed by atoms with Gasteiger partial charge in [-0.2, -0.15) is 0 Å². The minimum absolute atomic E-state index is 0.166. The third-order valence-corrected chi connectivity index (χ3v) is 5.75. The lowest BCUT2D eigenvalue weighted by Crippen LogP contribution is -2.49.